The Morgan fingerprint density at radius 3 is 2.71 bits per heavy atom. The molecule has 0 unspecified atom stereocenters. The van der Waals surface area contributed by atoms with Crippen LogP contribution in [0.15, 0.2) is 55.1 Å². The van der Waals surface area contributed by atoms with Gasteiger partial charge < -0.3 is 4.57 Å². The number of nitro benzene ring substituents is 1. The Hall–Kier alpha value is -3.48. The Kier molecular flexibility index (Phi) is 7.05. The van der Waals surface area contributed by atoms with E-state index >= 15 is 0 Å². The monoisotopic (exact) mass is 535 g/mol. The summed E-state index contributed by atoms with van der Waals surface area (Å²) in [5, 5.41) is 11.9. The first-order valence-electron chi connectivity index (χ1n) is 10.1. The number of amides is 1. The van der Waals surface area contributed by atoms with Gasteiger partial charge in [-0.15, -0.1) is 23.7 Å². The number of thiazole rings is 1. The summed E-state index contributed by atoms with van der Waals surface area (Å²) >= 11 is 2.23. The van der Waals surface area contributed by atoms with Crippen molar-refractivity contribution in [2.75, 3.05) is 11.4 Å². The summed E-state index contributed by atoms with van der Waals surface area (Å²) < 4.78 is 30.9. The molecule has 2 aromatic carbocycles. The minimum absolute atomic E-state index is 0. The molecule has 1 amide bonds. The van der Waals surface area contributed by atoms with Crippen molar-refractivity contribution in [2.24, 2.45) is 0 Å². The molecular weight excluding hydrogens is 520 g/mol. The molecule has 0 radical (unpaired) electrons. The van der Waals surface area contributed by atoms with Crippen molar-refractivity contribution in [3.05, 3.63) is 81.7 Å². The summed E-state index contributed by atoms with van der Waals surface area (Å²) in [5.41, 5.74) is -0.0639. The predicted octanol–water partition coefficient (Wildman–Crippen LogP) is 6.05. The number of anilines is 1. The zero-order chi connectivity index (χ0) is 23.8. The molecule has 0 fully saturated rings. The van der Waals surface area contributed by atoms with E-state index in [2.05, 4.69) is 9.97 Å². The number of aryl methyl sites for hydroxylation is 1. The van der Waals surface area contributed by atoms with Crippen LogP contribution in [0.2, 0.25) is 0 Å². The smallest absolute Gasteiger partial charge is 0.270 e. The van der Waals surface area contributed by atoms with Crippen molar-refractivity contribution in [3.63, 3.8) is 0 Å². The summed E-state index contributed by atoms with van der Waals surface area (Å²) in [6.07, 6.45) is 5.69. The lowest BCUT2D eigenvalue weighted by molar-refractivity contribution is -0.384. The van der Waals surface area contributed by atoms with Gasteiger partial charge in [0, 0.05) is 53.8 Å². The van der Waals surface area contributed by atoms with E-state index in [-0.39, 0.29) is 41.2 Å². The molecule has 0 saturated heterocycles. The van der Waals surface area contributed by atoms with Crippen LogP contribution in [0.3, 0.4) is 0 Å². The Morgan fingerprint density at radius 1 is 1.14 bits per heavy atom. The van der Waals surface area contributed by atoms with Crippen LogP contribution >= 0.6 is 35.1 Å². The Labute approximate surface area is 211 Å². The first kappa shape index (κ1) is 24.6. The predicted molar refractivity (Wildman–Crippen MR) is 134 cm³/mol. The van der Waals surface area contributed by atoms with Gasteiger partial charge in [0.1, 0.15) is 11.3 Å². The van der Waals surface area contributed by atoms with Crippen molar-refractivity contribution in [1.82, 2.24) is 14.5 Å². The first-order valence-corrected chi connectivity index (χ1v) is 11.7. The maximum Gasteiger partial charge on any atom is 0.270 e. The lowest BCUT2D eigenvalue weighted by atomic mass is 10.2. The average molecular weight is 536 g/mol. The first-order chi connectivity index (χ1) is 16.4. The van der Waals surface area contributed by atoms with Gasteiger partial charge >= 0.3 is 0 Å². The molecule has 0 aliphatic rings. The standard InChI is InChI=1S/C22H15F2N5O3S2.ClH/c23-14-10-16(24)20-18(11-14)34-22(26-20)28(6-1-5-27-7-4-25-12-27)21(30)19-9-13-8-15(29(31)32)2-3-17(13)33-19;/h2-4,7-12H,1,5-6H2;1H. The molecule has 0 N–H and O–H groups in total. The van der Waals surface area contributed by atoms with Crippen LogP contribution in [0, 0.1) is 21.7 Å². The third-order valence-electron chi connectivity index (χ3n) is 5.16. The number of carbonyl (C=O) groups excluding carboxylic acids is 1. The third-order valence-corrected chi connectivity index (χ3v) is 7.29. The van der Waals surface area contributed by atoms with E-state index in [9.17, 15) is 23.7 Å². The van der Waals surface area contributed by atoms with Crippen molar-refractivity contribution < 1.29 is 18.5 Å². The quantitative estimate of drug-likeness (QED) is 0.187. The highest BCUT2D eigenvalue weighted by Crippen LogP contribution is 2.34. The molecule has 13 heteroatoms. The Bertz CT molecular complexity index is 1540. The van der Waals surface area contributed by atoms with Gasteiger partial charge in [-0.05, 0) is 24.6 Å². The summed E-state index contributed by atoms with van der Waals surface area (Å²) in [4.78, 5) is 34.2. The summed E-state index contributed by atoms with van der Waals surface area (Å²) in [6.45, 7) is 0.867. The number of aromatic nitrogens is 3. The average Bonchev–Trinajstić information content (AvgIpc) is 3.54. The summed E-state index contributed by atoms with van der Waals surface area (Å²) in [6, 6.07) is 7.96. The highest BCUT2D eigenvalue weighted by Gasteiger charge is 2.24. The zero-order valence-corrected chi connectivity index (χ0v) is 20.2. The SMILES string of the molecule is Cl.O=C(c1cc2cc([N+](=O)[O-])ccc2s1)N(CCCn1ccnc1)c1nc2c(F)cc(F)cc2s1. The van der Waals surface area contributed by atoms with E-state index in [0.717, 1.165) is 22.1 Å². The summed E-state index contributed by atoms with van der Waals surface area (Å²) in [7, 11) is 0. The molecule has 0 saturated carbocycles. The molecule has 0 aliphatic heterocycles. The second-order valence-electron chi connectivity index (χ2n) is 7.43. The maximum atomic E-state index is 14.3. The molecule has 5 rings (SSSR count). The van der Waals surface area contributed by atoms with Gasteiger partial charge in [0.15, 0.2) is 10.9 Å². The van der Waals surface area contributed by atoms with Crippen LogP contribution in [-0.4, -0.2) is 31.9 Å². The Morgan fingerprint density at radius 2 is 1.97 bits per heavy atom. The van der Waals surface area contributed by atoms with E-state index < -0.39 is 16.6 Å². The molecule has 35 heavy (non-hydrogen) atoms. The molecule has 0 atom stereocenters. The van der Waals surface area contributed by atoms with Gasteiger partial charge in [-0.2, -0.15) is 0 Å². The van der Waals surface area contributed by atoms with Crippen LogP contribution in [0.1, 0.15) is 16.1 Å². The fraction of sp³-hybridized carbons (Fsp3) is 0.136. The fourth-order valence-electron chi connectivity index (χ4n) is 3.56. The van der Waals surface area contributed by atoms with Gasteiger partial charge in [0.2, 0.25) is 0 Å². The van der Waals surface area contributed by atoms with Crippen molar-refractivity contribution in [1.29, 1.82) is 0 Å². The molecule has 180 valence electrons. The molecule has 3 heterocycles. The lowest BCUT2D eigenvalue weighted by Gasteiger charge is -2.19. The number of nitrogens with zero attached hydrogens (tertiary/aromatic N) is 5. The number of thiophene rings is 1. The molecule has 3 aromatic heterocycles. The van der Waals surface area contributed by atoms with E-state index in [0.29, 0.717) is 27.9 Å². The number of benzene rings is 2. The number of carbonyl (C=O) groups is 1. The van der Waals surface area contributed by atoms with E-state index in [1.54, 1.807) is 30.9 Å². The van der Waals surface area contributed by atoms with Crippen molar-refractivity contribution >= 4 is 72.1 Å². The van der Waals surface area contributed by atoms with Crippen molar-refractivity contribution in [2.45, 2.75) is 13.0 Å². The number of hydrogen-bond donors (Lipinski definition) is 0. The summed E-state index contributed by atoms with van der Waals surface area (Å²) in [5.74, 6) is -1.88. The second kappa shape index (κ2) is 10.0. The number of rotatable bonds is 7. The Balaban J connectivity index is 0.00000289. The molecule has 0 bridgehead atoms. The third kappa shape index (κ3) is 4.99. The molecule has 0 spiro atoms. The normalized spacial score (nSPS) is 11.0. The number of fused-ring (bicyclic) bond motifs is 2. The number of halogens is 3. The molecule has 8 nitrogen and oxygen atoms in total. The zero-order valence-electron chi connectivity index (χ0n) is 17.8. The topological polar surface area (TPSA) is 94.2 Å². The minimum atomic E-state index is -0.794. The minimum Gasteiger partial charge on any atom is -0.337 e. The molecule has 0 aliphatic carbocycles. The van der Waals surface area contributed by atoms with Crippen LogP contribution in [0.5, 0.6) is 0 Å². The van der Waals surface area contributed by atoms with Gasteiger partial charge in [-0.25, -0.2) is 18.7 Å². The van der Waals surface area contributed by atoms with Crippen LogP contribution in [0.4, 0.5) is 19.6 Å². The highest BCUT2D eigenvalue weighted by molar-refractivity contribution is 7.23. The fourth-order valence-corrected chi connectivity index (χ4v) is 5.58. The second-order valence-corrected chi connectivity index (χ2v) is 9.52. The molecular formula is C22H16ClF2N5O3S2. The van der Waals surface area contributed by atoms with E-state index in [4.69, 9.17) is 0 Å². The van der Waals surface area contributed by atoms with E-state index in [1.165, 1.54) is 34.4 Å². The van der Waals surface area contributed by atoms with Gasteiger partial charge in [0.25, 0.3) is 11.6 Å². The number of imidazole rings is 1. The number of hydrogen-bond acceptors (Lipinski definition) is 7. The largest absolute Gasteiger partial charge is 0.337 e. The van der Waals surface area contributed by atoms with Crippen LogP contribution in [-0.2, 0) is 6.54 Å². The van der Waals surface area contributed by atoms with Crippen LogP contribution in [0.25, 0.3) is 20.3 Å². The van der Waals surface area contributed by atoms with Crippen molar-refractivity contribution in [3.8, 4) is 0 Å². The maximum absolute atomic E-state index is 14.3. The highest BCUT2D eigenvalue weighted by atomic mass is 35.5. The number of non-ortho nitro benzene ring substituents is 1. The lowest BCUT2D eigenvalue weighted by Crippen LogP contribution is -2.31. The van der Waals surface area contributed by atoms with E-state index in [1.807, 2.05) is 4.57 Å². The van der Waals surface area contributed by atoms with Crippen LogP contribution < -0.4 is 4.90 Å². The molecule has 5 aromatic rings. The van der Waals surface area contributed by atoms with Gasteiger partial charge in [-0.1, -0.05) is 11.3 Å². The van der Waals surface area contributed by atoms with Gasteiger partial charge in [-0.3, -0.25) is 19.8 Å². The van der Waals surface area contributed by atoms with Gasteiger partial charge in [0.05, 0.1) is 20.8 Å². The number of nitro groups is 1.